The smallest absolute Gasteiger partial charge is 0.127 e. The summed E-state index contributed by atoms with van der Waals surface area (Å²) >= 11 is 14.6. The van der Waals surface area contributed by atoms with Crippen molar-refractivity contribution in [2.24, 2.45) is 0 Å². The molecule has 0 saturated carbocycles. The fraction of sp³-hybridized carbons (Fsp3) is 0.286. The van der Waals surface area contributed by atoms with E-state index in [1.807, 2.05) is 24.3 Å². The predicted octanol–water partition coefficient (Wildman–Crippen LogP) is 5.81. The van der Waals surface area contributed by atoms with Crippen molar-refractivity contribution in [3.8, 4) is 0 Å². The van der Waals surface area contributed by atoms with Gasteiger partial charge >= 0.3 is 0 Å². The highest BCUT2D eigenvalue weighted by Gasteiger charge is 2.33. The molecular weight excluding hydrogens is 414 g/mol. The molecule has 1 aromatic carbocycles. The monoisotopic (exact) mass is 424 g/mol. The van der Waals surface area contributed by atoms with Crippen LogP contribution in [0, 0.1) is 5.82 Å². The molecule has 102 valence electrons. The van der Waals surface area contributed by atoms with Crippen LogP contribution in [0.1, 0.15) is 10.4 Å². The second-order valence-electron chi connectivity index (χ2n) is 4.41. The zero-order valence-electron chi connectivity index (χ0n) is 10.0. The van der Waals surface area contributed by atoms with E-state index in [1.54, 1.807) is 17.4 Å². The molecule has 2 aromatic rings. The van der Waals surface area contributed by atoms with E-state index in [9.17, 15) is 4.39 Å². The van der Waals surface area contributed by atoms with Gasteiger partial charge in [0.1, 0.15) is 5.82 Å². The Hall–Kier alpha value is 0.1000. The Morgan fingerprint density at radius 1 is 1.11 bits per heavy atom. The van der Waals surface area contributed by atoms with Crippen molar-refractivity contribution >= 4 is 54.8 Å². The summed E-state index contributed by atoms with van der Waals surface area (Å²) in [5.41, 5.74) is 0.424. The van der Waals surface area contributed by atoms with E-state index in [2.05, 4.69) is 31.9 Å². The van der Waals surface area contributed by atoms with E-state index < -0.39 is 0 Å². The lowest BCUT2D eigenvalue weighted by Crippen LogP contribution is -2.33. The first-order chi connectivity index (χ1) is 9.11. The number of thiophene rings is 1. The Morgan fingerprint density at radius 2 is 1.79 bits per heavy atom. The highest BCUT2D eigenvalue weighted by atomic mass is 79.9. The minimum Gasteiger partial charge on any atom is -0.207 e. The van der Waals surface area contributed by atoms with Gasteiger partial charge in [-0.25, -0.2) is 4.39 Å². The van der Waals surface area contributed by atoms with Gasteiger partial charge in [-0.15, -0.1) is 11.3 Å². The van der Waals surface area contributed by atoms with Gasteiger partial charge in [0, 0.05) is 21.0 Å². The SMILES string of the molecule is Fc1ccccc1C(CBr)(CBr)Cc1ccc(Cl)s1. The van der Waals surface area contributed by atoms with Crippen LogP contribution < -0.4 is 0 Å². The normalized spacial score (nSPS) is 11.8. The average molecular weight is 427 g/mol. The van der Waals surface area contributed by atoms with Gasteiger partial charge in [0.25, 0.3) is 0 Å². The van der Waals surface area contributed by atoms with E-state index in [4.69, 9.17) is 11.6 Å². The summed E-state index contributed by atoms with van der Waals surface area (Å²) in [4.78, 5) is 1.16. The molecule has 1 aromatic heterocycles. The molecule has 0 spiro atoms. The summed E-state index contributed by atoms with van der Waals surface area (Å²) in [6.45, 7) is 0. The third kappa shape index (κ3) is 3.41. The second-order valence-corrected chi connectivity index (χ2v) is 7.33. The van der Waals surface area contributed by atoms with Crippen molar-refractivity contribution < 1.29 is 4.39 Å². The van der Waals surface area contributed by atoms with Gasteiger partial charge in [-0.2, -0.15) is 0 Å². The zero-order chi connectivity index (χ0) is 13.9. The summed E-state index contributed by atoms with van der Waals surface area (Å²) in [6, 6.07) is 10.8. The number of hydrogen-bond acceptors (Lipinski definition) is 1. The number of rotatable bonds is 5. The van der Waals surface area contributed by atoms with Crippen LogP contribution in [0.15, 0.2) is 36.4 Å². The van der Waals surface area contributed by atoms with Crippen LogP contribution in [0.2, 0.25) is 4.34 Å². The minimum atomic E-state index is -0.306. The fourth-order valence-corrected chi connectivity index (χ4v) is 5.20. The van der Waals surface area contributed by atoms with E-state index in [1.165, 1.54) is 6.07 Å². The number of alkyl halides is 2. The second kappa shape index (κ2) is 6.70. The Bertz CT molecular complexity index is 552. The zero-order valence-corrected chi connectivity index (χ0v) is 14.7. The molecule has 19 heavy (non-hydrogen) atoms. The van der Waals surface area contributed by atoms with Crippen molar-refractivity contribution in [2.45, 2.75) is 11.8 Å². The van der Waals surface area contributed by atoms with Crippen LogP contribution in [0.4, 0.5) is 4.39 Å². The quantitative estimate of drug-likeness (QED) is 0.529. The van der Waals surface area contributed by atoms with Crippen LogP contribution in [0.25, 0.3) is 0 Å². The molecule has 1 heterocycles. The van der Waals surface area contributed by atoms with Gasteiger partial charge in [-0.1, -0.05) is 61.7 Å². The molecule has 0 N–H and O–H groups in total. The Kier molecular flexibility index (Phi) is 5.46. The molecule has 0 unspecified atom stereocenters. The molecule has 0 amide bonds. The first-order valence-electron chi connectivity index (χ1n) is 5.72. The summed E-state index contributed by atoms with van der Waals surface area (Å²) < 4.78 is 14.9. The van der Waals surface area contributed by atoms with E-state index >= 15 is 0 Å². The van der Waals surface area contributed by atoms with Gasteiger partial charge in [0.15, 0.2) is 0 Å². The maximum Gasteiger partial charge on any atom is 0.127 e. The molecule has 0 nitrogen and oxygen atoms in total. The highest BCUT2D eigenvalue weighted by molar-refractivity contribution is 9.09. The van der Waals surface area contributed by atoms with Crippen LogP contribution in [-0.2, 0) is 11.8 Å². The van der Waals surface area contributed by atoms with E-state index in [0.717, 1.165) is 21.2 Å². The predicted molar refractivity (Wildman–Crippen MR) is 88.7 cm³/mol. The Morgan fingerprint density at radius 3 is 2.32 bits per heavy atom. The number of hydrogen-bond donors (Lipinski definition) is 0. The Balaban J connectivity index is 2.40. The van der Waals surface area contributed by atoms with Gasteiger partial charge in [0.2, 0.25) is 0 Å². The van der Waals surface area contributed by atoms with Crippen molar-refractivity contribution in [1.82, 2.24) is 0 Å². The third-order valence-corrected chi connectivity index (χ3v) is 6.48. The van der Waals surface area contributed by atoms with E-state index in [0.29, 0.717) is 10.7 Å². The molecule has 0 aliphatic carbocycles. The van der Waals surface area contributed by atoms with Crippen LogP contribution >= 0.6 is 54.8 Å². The fourth-order valence-electron chi connectivity index (χ4n) is 2.04. The van der Waals surface area contributed by atoms with Crippen LogP contribution in [-0.4, -0.2) is 10.7 Å². The molecular formula is C14H12Br2ClFS. The molecule has 5 heteroatoms. The highest BCUT2D eigenvalue weighted by Crippen LogP contribution is 2.36. The molecule has 0 atom stereocenters. The average Bonchev–Trinajstić information content (AvgIpc) is 2.82. The van der Waals surface area contributed by atoms with Crippen molar-refractivity contribution in [2.75, 3.05) is 10.7 Å². The van der Waals surface area contributed by atoms with Gasteiger partial charge < -0.3 is 0 Å². The minimum absolute atomic E-state index is 0.163. The third-order valence-electron chi connectivity index (χ3n) is 3.10. The number of benzene rings is 1. The summed E-state index contributed by atoms with van der Waals surface area (Å²) in [5, 5.41) is 1.36. The van der Waals surface area contributed by atoms with Gasteiger partial charge in [-0.05, 0) is 30.2 Å². The number of halogens is 4. The summed E-state index contributed by atoms with van der Waals surface area (Å²) in [5.74, 6) is -0.163. The largest absolute Gasteiger partial charge is 0.207 e. The molecule has 0 radical (unpaired) electrons. The maximum absolute atomic E-state index is 14.1. The van der Waals surface area contributed by atoms with Crippen molar-refractivity contribution in [3.05, 3.63) is 57.0 Å². The lowest BCUT2D eigenvalue weighted by atomic mass is 9.80. The molecule has 0 saturated heterocycles. The molecule has 2 rings (SSSR count). The summed E-state index contributed by atoms with van der Waals surface area (Å²) in [7, 11) is 0. The van der Waals surface area contributed by atoms with Gasteiger partial charge in [0.05, 0.1) is 4.34 Å². The van der Waals surface area contributed by atoms with Crippen molar-refractivity contribution in [3.63, 3.8) is 0 Å². The molecule has 0 aliphatic rings. The lowest BCUT2D eigenvalue weighted by Gasteiger charge is -2.30. The van der Waals surface area contributed by atoms with Gasteiger partial charge in [-0.3, -0.25) is 0 Å². The molecule has 0 fully saturated rings. The lowest BCUT2D eigenvalue weighted by molar-refractivity contribution is 0.504. The summed E-state index contributed by atoms with van der Waals surface area (Å²) in [6.07, 6.45) is 0.752. The van der Waals surface area contributed by atoms with Crippen LogP contribution in [0.3, 0.4) is 0 Å². The molecule has 0 bridgehead atoms. The van der Waals surface area contributed by atoms with Crippen LogP contribution in [0.5, 0.6) is 0 Å². The van der Waals surface area contributed by atoms with Crippen molar-refractivity contribution in [1.29, 1.82) is 0 Å². The standard InChI is InChI=1S/C14H12Br2ClFS/c15-8-14(9-16,7-10-5-6-13(17)19-10)11-3-1-2-4-12(11)18/h1-6H,7-9H2. The Labute approximate surface area is 138 Å². The maximum atomic E-state index is 14.1. The first kappa shape index (κ1) is 15.5. The first-order valence-corrected chi connectivity index (χ1v) is 9.16. The molecule has 0 aliphatic heterocycles. The van der Waals surface area contributed by atoms with E-state index in [-0.39, 0.29) is 11.2 Å². The topological polar surface area (TPSA) is 0 Å².